The van der Waals surface area contributed by atoms with E-state index in [0.717, 1.165) is 6.42 Å². The van der Waals surface area contributed by atoms with Gasteiger partial charge in [-0.05, 0) is 69.5 Å². The Morgan fingerprint density at radius 3 is 2.40 bits per heavy atom. The zero-order chi connectivity index (χ0) is 28.6. The summed E-state index contributed by atoms with van der Waals surface area (Å²) in [6, 6.07) is 23.9. The lowest BCUT2D eigenvalue weighted by Crippen LogP contribution is -2.50. The van der Waals surface area contributed by atoms with E-state index < -0.39 is 18.5 Å². The molecule has 1 aliphatic carbocycles. The second-order valence-electron chi connectivity index (χ2n) is 12.8. The van der Waals surface area contributed by atoms with Gasteiger partial charge >= 0.3 is 0 Å². The average molecular weight is 545 g/mol. The van der Waals surface area contributed by atoms with Crippen molar-refractivity contribution in [1.82, 2.24) is 0 Å². The number of aryl methyl sites for hydroxylation is 1. The van der Waals surface area contributed by atoms with E-state index in [-0.39, 0.29) is 42.3 Å². The summed E-state index contributed by atoms with van der Waals surface area (Å²) in [5.74, 6) is -0.384. The first-order valence-corrected chi connectivity index (χ1v) is 14.6. The zero-order valence-corrected chi connectivity index (χ0v) is 24.4. The van der Waals surface area contributed by atoms with Crippen molar-refractivity contribution in [2.24, 2.45) is 17.8 Å². The second-order valence-corrected chi connectivity index (χ2v) is 12.8. The normalized spacial score (nSPS) is 28.8. The van der Waals surface area contributed by atoms with Crippen LogP contribution in [0.5, 0.6) is 0 Å². The minimum Gasteiger partial charge on any atom is -0.396 e. The van der Waals surface area contributed by atoms with Crippen LogP contribution in [0, 0.1) is 24.7 Å². The highest BCUT2D eigenvalue weighted by molar-refractivity contribution is 5.66. The molecule has 7 atom stereocenters. The van der Waals surface area contributed by atoms with Gasteiger partial charge in [-0.25, -0.2) is 0 Å². The van der Waals surface area contributed by atoms with E-state index in [2.05, 4.69) is 88.4 Å². The minimum absolute atomic E-state index is 0.00462. The van der Waals surface area contributed by atoms with Gasteiger partial charge in [-0.15, -0.1) is 0 Å². The van der Waals surface area contributed by atoms with Crippen molar-refractivity contribution >= 4 is 0 Å². The third-order valence-corrected chi connectivity index (χ3v) is 9.08. The molecule has 214 valence electrons. The van der Waals surface area contributed by atoms with Gasteiger partial charge in [0.1, 0.15) is 6.10 Å². The molecule has 1 saturated heterocycles. The van der Waals surface area contributed by atoms with Crippen LogP contribution in [-0.2, 0) is 21.3 Å². The Bertz CT molecular complexity index is 1300. The van der Waals surface area contributed by atoms with Gasteiger partial charge in [-0.2, -0.15) is 0 Å². The molecule has 1 heterocycles. The van der Waals surface area contributed by atoms with Crippen molar-refractivity contribution in [2.75, 3.05) is 19.8 Å². The van der Waals surface area contributed by atoms with E-state index in [9.17, 15) is 15.3 Å². The van der Waals surface area contributed by atoms with Crippen LogP contribution in [0.3, 0.4) is 0 Å². The van der Waals surface area contributed by atoms with Crippen molar-refractivity contribution in [3.63, 3.8) is 0 Å². The maximum Gasteiger partial charge on any atom is 0.183 e. The highest BCUT2D eigenvalue weighted by Crippen LogP contribution is 2.46. The summed E-state index contributed by atoms with van der Waals surface area (Å²) < 4.78 is 12.0. The van der Waals surface area contributed by atoms with Crippen LogP contribution in [0.15, 0.2) is 66.7 Å². The van der Waals surface area contributed by atoms with Crippen molar-refractivity contribution in [3.05, 3.63) is 94.5 Å². The Kier molecular flexibility index (Phi) is 8.51. The maximum atomic E-state index is 10.8. The molecule has 3 aromatic rings. The first-order chi connectivity index (χ1) is 19.1. The lowest BCUT2D eigenvalue weighted by Gasteiger charge is -2.42. The Hall–Kier alpha value is -2.54. The fraction of sp³-hybridized carbons (Fsp3) is 0.486. The Balaban J connectivity index is 1.58. The van der Waals surface area contributed by atoms with E-state index in [0.29, 0.717) is 6.61 Å². The van der Waals surface area contributed by atoms with Crippen LogP contribution in [0.1, 0.15) is 61.4 Å². The molecular formula is C35H44O5. The van der Waals surface area contributed by atoms with Crippen LogP contribution >= 0.6 is 0 Å². The number of ether oxygens (including phenoxy) is 2. The molecule has 0 aromatic heterocycles. The minimum atomic E-state index is -0.915. The lowest BCUT2D eigenvalue weighted by atomic mass is 9.66. The van der Waals surface area contributed by atoms with Crippen molar-refractivity contribution < 1.29 is 24.8 Å². The van der Waals surface area contributed by atoms with E-state index >= 15 is 0 Å². The molecule has 0 spiro atoms. The Labute approximate surface area is 238 Å². The highest BCUT2D eigenvalue weighted by atomic mass is 16.7. The van der Waals surface area contributed by atoms with Gasteiger partial charge < -0.3 is 24.8 Å². The van der Waals surface area contributed by atoms with Crippen LogP contribution in [-0.4, -0.2) is 53.6 Å². The average Bonchev–Trinajstić information content (AvgIpc) is 2.95. The summed E-state index contributed by atoms with van der Waals surface area (Å²) in [7, 11) is 0. The second kappa shape index (κ2) is 11.8. The number of fused-ring (bicyclic) bond motifs is 1. The summed E-state index contributed by atoms with van der Waals surface area (Å²) in [6.45, 7) is 11.2. The van der Waals surface area contributed by atoms with Gasteiger partial charge in [-0.1, -0.05) is 94.4 Å². The Morgan fingerprint density at radius 1 is 0.950 bits per heavy atom. The number of hydrogen-bond donors (Lipinski definition) is 3. The fourth-order valence-electron chi connectivity index (χ4n) is 6.59. The van der Waals surface area contributed by atoms with E-state index in [4.69, 9.17) is 9.47 Å². The van der Waals surface area contributed by atoms with Crippen LogP contribution in [0.25, 0.3) is 11.1 Å². The standard InChI is InChI=1S/C35H44O5/c1-21-11-12-26(17-30(21)35(3,4)5)32-28-16-24(23-9-7-6-8-10-23)13-14-25(28)15-27(18-36)29(32)19-39-34-33(38)22(2)31(37)20-40-34/h6-14,16-17,22,27,29,31-34,36-38H,15,18-20H2,1-5H3/t22-,27+,29+,31+,32?,33+,34+/m0/s1. The molecule has 5 nitrogen and oxygen atoms in total. The number of benzene rings is 3. The van der Waals surface area contributed by atoms with Crippen molar-refractivity contribution in [2.45, 2.75) is 70.9 Å². The van der Waals surface area contributed by atoms with Gasteiger partial charge in [0.25, 0.3) is 0 Å². The largest absolute Gasteiger partial charge is 0.396 e. The smallest absolute Gasteiger partial charge is 0.183 e. The quantitative estimate of drug-likeness (QED) is 0.376. The monoisotopic (exact) mass is 544 g/mol. The first kappa shape index (κ1) is 29.0. The predicted molar refractivity (Wildman–Crippen MR) is 158 cm³/mol. The highest BCUT2D eigenvalue weighted by Gasteiger charge is 2.41. The van der Waals surface area contributed by atoms with Gasteiger partial charge in [0.2, 0.25) is 0 Å². The van der Waals surface area contributed by atoms with E-state index in [1.807, 2.05) is 13.0 Å². The molecule has 1 unspecified atom stereocenters. The van der Waals surface area contributed by atoms with Crippen molar-refractivity contribution in [3.8, 4) is 11.1 Å². The summed E-state index contributed by atoms with van der Waals surface area (Å²) in [5.41, 5.74) is 8.63. The molecule has 3 N–H and O–H groups in total. The topological polar surface area (TPSA) is 79.2 Å². The van der Waals surface area contributed by atoms with Gasteiger partial charge in [0.05, 0.1) is 19.3 Å². The molecule has 40 heavy (non-hydrogen) atoms. The summed E-state index contributed by atoms with van der Waals surface area (Å²) in [4.78, 5) is 0. The molecule has 3 aromatic carbocycles. The molecule has 1 fully saturated rings. The maximum absolute atomic E-state index is 10.8. The third kappa shape index (κ3) is 5.77. The molecule has 0 amide bonds. The third-order valence-electron chi connectivity index (χ3n) is 9.08. The van der Waals surface area contributed by atoms with Gasteiger partial charge in [-0.3, -0.25) is 0 Å². The van der Waals surface area contributed by atoms with Crippen molar-refractivity contribution in [1.29, 1.82) is 0 Å². The number of hydrogen-bond acceptors (Lipinski definition) is 5. The van der Waals surface area contributed by atoms with Crippen LogP contribution in [0.4, 0.5) is 0 Å². The number of rotatable bonds is 6. The molecule has 0 saturated carbocycles. The number of aliphatic hydroxyl groups is 3. The summed E-state index contributed by atoms with van der Waals surface area (Å²) in [6.07, 6.45) is -1.68. The van der Waals surface area contributed by atoms with Crippen LogP contribution < -0.4 is 0 Å². The number of aliphatic hydroxyl groups excluding tert-OH is 3. The zero-order valence-electron chi connectivity index (χ0n) is 24.4. The van der Waals surface area contributed by atoms with Crippen LogP contribution in [0.2, 0.25) is 0 Å². The molecule has 0 bridgehead atoms. The molecule has 2 aliphatic rings. The first-order valence-electron chi connectivity index (χ1n) is 14.6. The molecule has 0 radical (unpaired) electrons. The van der Waals surface area contributed by atoms with E-state index in [1.54, 1.807) is 0 Å². The van der Waals surface area contributed by atoms with Gasteiger partial charge in [0, 0.05) is 18.4 Å². The molecule has 5 heteroatoms. The predicted octanol–water partition coefficient (Wildman–Crippen LogP) is 5.60. The fourth-order valence-corrected chi connectivity index (χ4v) is 6.59. The summed E-state index contributed by atoms with van der Waals surface area (Å²) in [5, 5.41) is 31.5. The summed E-state index contributed by atoms with van der Waals surface area (Å²) >= 11 is 0. The van der Waals surface area contributed by atoms with E-state index in [1.165, 1.54) is 38.9 Å². The lowest BCUT2D eigenvalue weighted by molar-refractivity contribution is -0.259. The SMILES string of the molecule is Cc1ccc(C2c3cc(-c4ccccc4)ccc3C[C@H](CO)[C@H]2CO[C@@H]2OC[C@@H](O)[C@H](C)[C@H]2O)cc1C(C)(C)C. The molecule has 5 rings (SSSR count). The molecular weight excluding hydrogens is 500 g/mol. The molecule has 1 aliphatic heterocycles. The van der Waals surface area contributed by atoms with Gasteiger partial charge in [0.15, 0.2) is 6.29 Å². The Morgan fingerprint density at radius 2 is 1.70 bits per heavy atom.